The Morgan fingerprint density at radius 1 is 1.11 bits per heavy atom. The minimum atomic E-state index is -0.210. The van der Waals surface area contributed by atoms with Gasteiger partial charge in [-0.25, -0.2) is 4.68 Å². The maximum absolute atomic E-state index is 12.4. The van der Waals surface area contributed by atoms with Crippen LogP contribution in [0.1, 0.15) is 40.5 Å². The number of fused-ring (bicyclic) bond motifs is 2. The maximum Gasteiger partial charge on any atom is 0.258 e. The van der Waals surface area contributed by atoms with Crippen molar-refractivity contribution in [3.05, 3.63) is 65.5 Å². The van der Waals surface area contributed by atoms with Crippen LogP contribution < -0.4 is 14.8 Å². The molecule has 1 atom stereocenters. The molecule has 1 N–H and O–H groups in total. The number of amides is 1. The summed E-state index contributed by atoms with van der Waals surface area (Å²) >= 11 is 0. The minimum absolute atomic E-state index is 0.114. The molecule has 3 heterocycles. The van der Waals surface area contributed by atoms with Crippen molar-refractivity contribution in [1.29, 1.82) is 0 Å². The Morgan fingerprint density at radius 3 is 2.85 bits per heavy atom. The molecule has 0 aliphatic carbocycles. The Kier molecular flexibility index (Phi) is 3.78. The summed E-state index contributed by atoms with van der Waals surface area (Å²) in [7, 11) is 0. The SMILES string of the molecule is O=C(Nc1nc2n(n1)CCCC2c1ccc2c(c1)OCO2)c1ccccc1. The molecule has 1 amide bonds. The molecule has 0 radical (unpaired) electrons. The average molecular weight is 362 g/mol. The predicted octanol–water partition coefficient (Wildman–Crippen LogP) is 3.18. The van der Waals surface area contributed by atoms with E-state index >= 15 is 0 Å². The molecular formula is C20H18N4O3. The lowest BCUT2D eigenvalue weighted by Crippen LogP contribution is -2.18. The van der Waals surface area contributed by atoms with Gasteiger partial charge >= 0.3 is 0 Å². The fourth-order valence-corrected chi connectivity index (χ4v) is 3.61. The van der Waals surface area contributed by atoms with Crippen molar-refractivity contribution >= 4 is 11.9 Å². The molecule has 2 aliphatic heterocycles. The van der Waals surface area contributed by atoms with Crippen molar-refractivity contribution in [3.63, 3.8) is 0 Å². The molecule has 0 fully saturated rings. The molecule has 0 bridgehead atoms. The van der Waals surface area contributed by atoms with Gasteiger partial charge in [0.25, 0.3) is 5.91 Å². The largest absolute Gasteiger partial charge is 0.454 e. The van der Waals surface area contributed by atoms with E-state index < -0.39 is 0 Å². The lowest BCUT2D eigenvalue weighted by molar-refractivity contribution is 0.102. The van der Waals surface area contributed by atoms with Gasteiger partial charge in [-0.05, 0) is 42.7 Å². The van der Waals surface area contributed by atoms with Crippen LogP contribution in [0.15, 0.2) is 48.5 Å². The molecule has 1 aromatic heterocycles. The van der Waals surface area contributed by atoms with Crippen LogP contribution in [0, 0.1) is 0 Å². The number of nitrogens with one attached hydrogen (secondary N) is 1. The van der Waals surface area contributed by atoms with Crippen molar-refractivity contribution in [1.82, 2.24) is 14.8 Å². The van der Waals surface area contributed by atoms with E-state index in [1.807, 2.05) is 41.1 Å². The molecule has 5 rings (SSSR count). The lowest BCUT2D eigenvalue weighted by atomic mass is 9.91. The first kappa shape index (κ1) is 15.9. The first-order chi connectivity index (χ1) is 13.3. The summed E-state index contributed by atoms with van der Waals surface area (Å²) in [6.07, 6.45) is 1.98. The van der Waals surface area contributed by atoms with Gasteiger partial charge in [0.1, 0.15) is 5.82 Å². The first-order valence-corrected chi connectivity index (χ1v) is 8.98. The Labute approximate surface area is 155 Å². The van der Waals surface area contributed by atoms with Gasteiger partial charge in [-0.2, -0.15) is 4.98 Å². The van der Waals surface area contributed by atoms with Crippen molar-refractivity contribution in [2.75, 3.05) is 12.1 Å². The standard InChI is InChI=1S/C20H18N4O3/c25-19(13-5-2-1-3-6-13)22-20-21-18-15(7-4-10-24(18)23-20)14-8-9-16-17(11-14)27-12-26-16/h1-3,5-6,8-9,11,15H,4,7,10,12H2,(H,22,23,25). The van der Waals surface area contributed by atoms with Gasteiger partial charge in [0.15, 0.2) is 11.5 Å². The van der Waals surface area contributed by atoms with Crippen LogP contribution in [-0.4, -0.2) is 27.5 Å². The Bertz CT molecular complexity index is 1000. The van der Waals surface area contributed by atoms with Gasteiger partial charge < -0.3 is 9.47 Å². The molecule has 2 aliphatic rings. The zero-order valence-electron chi connectivity index (χ0n) is 14.6. The van der Waals surface area contributed by atoms with Gasteiger partial charge in [0.05, 0.1) is 0 Å². The summed E-state index contributed by atoms with van der Waals surface area (Å²) in [6.45, 7) is 1.06. The molecule has 0 saturated heterocycles. The third-order valence-electron chi connectivity index (χ3n) is 4.94. The van der Waals surface area contributed by atoms with Crippen molar-refractivity contribution in [2.24, 2.45) is 0 Å². The summed E-state index contributed by atoms with van der Waals surface area (Å²) in [5.41, 5.74) is 1.70. The highest BCUT2D eigenvalue weighted by Gasteiger charge is 2.28. The monoisotopic (exact) mass is 362 g/mol. The highest BCUT2D eigenvalue weighted by atomic mass is 16.7. The number of benzene rings is 2. The number of hydrogen-bond acceptors (Lipinski definition) is 5. The van der Waals surface area contributed by atoms with E-state index in [0.717, 1.165) is 42.3 Å². The molecule has 1 unspecified atom stereocenters. The molecule has 0 saturated carbocycles. The molecule has 0 spiro atoms. The molecule has 27 heavy (non-hydrogen) atoms. The fourth-order valence-electron chi connectivity index (χ4n) is 3.61. The normalized spacial score (nSPS) is 17.4. The predicted molar refractivity (Wildman–Crippen MR) is 98.1 cm³/mol. The number of aromatic nitrogens is 3. The number of rotatable bonds is 3. The van der Waals surface area contributed by atoms with Crippen LogP contribution in [-0.2, 0) is 6.54 Å². The Balaban J connectivity index is 1.42. The van der Waals surface area contributed by atoms with Gasteiger partial charge in [-0.3, -0.25) is 10.1 Å². The number of hydrogen-bond donors (Lipinski definition) is 1. The smallest absolute Gasteiger partial charge is 0.258 e. The number of carbonyl (C=O) groups is 1. The third kappa shape index (κ3) is 2.91. The van der Waals surface area contributed by atoms with Crippen molar-refractivity contribution in [2.45, 2.75) is 25.3 Å². The van der Waals surface area contributed by atoms with Crippen LogP contribution in [0.3, 0.4) is 0 Å². The van der Waals surface area contributed by atoms with E-state index in [-0.39, 0.29) is 18.6 Å². The lowest BCUT2D eigenvalue weighted by Gasteiger charge is -2.22. The highest BCUT2D eigenvalue weighted by Crippen LogP contribution is 2.39. The number of nitrogens with zero attached hydrogens (tertiary/aromatic N) is 3. The fraction of sp³-hybridized carbons (Fsp3) is 0.250. The van der Waals surface area contributed by atoms with Crippen LogP contribution in [0.25, 0.3) is 0 Å². The molecule has 7 nitrogen and oxygen atoms in total. The summed E-state index contributed by atoms with van der Waals surface area (Å²) < 4.78 is 12.8. The molecule has 3 aromatic rings. The second-order valence-corrected chi connectivity index (χ2v) is 6.64. The quantitative estimate of drug-likeness (QED) is 0.774. The van der Waals surface area contributed by atoms with Crippen LogP contribution in [0.4, 0.5) is 5.95 Å². The average Bonchev–Trinajstić information content (AvgIpc) is 3.33. The number of anilines is 1. The van der Waals surface area contributed by atoms with Gasteiger partial charge in [0.2, 0.25) is 12.7 Å². The molecule has 2 aromatic carbocycles. The van der Waals surface area contributed by atoms with Crippen LogP contribution >= 0.6 is 0 Å². The second kappa shape index (κ2) is 6.42. The topological polar surface area (TPSA) is 78.3 Å². The number of carbonyl (C=O) groups excluding carboxylic acids is 1. The number of ether oxygens (including phenoxy) is 2. The maximum atomic E-state index is 12.4. The van der Waals surface area contributed by atoms with Crippen molar-refractivity contribution < 1.29 is 14.3 Å². The van der Waals surface area contributed by atoms with E-state index in [1.165, 1.54) is 0 Å². The Hall–Kier alpha value is -3.35. The van der Waals surface area contributed by atoms with E-state index in [1.54, 1.807) is 12.1 Å². The van der Waals surface area contributed by atoms with E-state index in [4.69, 9.17) is 9.47 Å². The van der Waals surface area contributed by atoms with E-state index in [2.05, 4.69) is 15.4 Å². The van der Waals surface area contributed by atoms with E-state index in [0.29, 0.717) is 11.5 Å². The summed E-state index contributed by atoms with van der Waals surface area (Å²) in [6, 6.07) is 15.1. The van der Waals surface area contributed by atoms with Gasteiger partial charge in [-0.15, -0.1) is 5.10 Å². The zero-order chi connectivity index (χ0) is 18.2. The van der Waals surface area contributed by atoms with Crippen LogP contribution in [0.2, 0.25) is 0 Å². The molecule has 136 valence electrons. The zero-order valence-corrected chi connectivity index (χ0v) is 14.6. The van der Waals surface area contributed by atoms with E-state index in [9.17, 15) is 4.79 Å². The highest BCUT2D eigenvalue weighted by molar-refractivity contribution is 6.03. The Morgan fingerprint density at radius 2 is 1.96 bits per heavy atom. The second-order valence-electron chi connectivity index (χ2n) is 6.64. The minimum Gasteiger partial charge on any atom is -0.454 e. The van der Waals surface area contributed by atoms with Crippen molar-refractivity contribution in [3.8, 4) is 11.5 Å². The third-order valence-corrected chi connectivity index (χ3v) is 4.94. The van der Waals surface area contributed by atoms with Gasteiger partial charge in [0, 0.05) is 18.0 Å². The first-order valence-electron chi connectivity index (χ1n) is 8.98. The summed E-state index contributed by atoms with van der Waals surface area (Å²) in [5, 5.41) is 7.28. The molecular weight excluding hydrogens is 344 g/mol. The van der Waals surface area contributed by atoms with Crippen LogP contribution in [0.5, 0.6) is 11.5 Å². The number of aryl methyl sites for hydroxylation is 1. The summed E-state index contributed by atoms with van der Waals surface area (Å²) in [4.78, 5) is 17.0. The summed E-state index contributed by atoms with van der Waals surface area (Å²) in [5.74, 6) is 2.64. The van der Waals surface area contributed by atoms with Gasteiger partial charge in [-0.1, -0.05) is 24.3 Å². The molecule has 7 heteroatoms.